The fourth-order valence-corrected chi connectivity index (χ4v) is 2.00. The van der Waals surface area contributed by atoms with Gasteiger partial charge in [0.15, 0.2) is 0 Å². The summed E-state index contributed by atoms with van der Waals surface area (Å²) in [5.74, 6) is 1.88. The molecule has 0 radical (unpaired) electrons. The zero-order valence-corrected chi connectivity index (χ0v) is 13.8. The van der Waals surface area contributed by atoms with Gasteiger partial charge >= 0.3 is 0 Å². The van der Waals surface area contributed by atoms with Crippen LogP contribution in [0, 0.1) is 0 Å². The van der Waals surface area contributed by atoms with Crippen LogP contribution in [-0.4, -0.2) is 32.3 Å². The van der Waals surface area contributed by atoms with Crippen LogP contribution in [0.1, 0.15) is 6.92 Å². The first-order valence-electron chi connectivity index (χ1n) is 7.68. The number of rotatable bonds is 8. The van der Waals surface area contributed by atoms with Crippen LogP contribution in [0.3, 0.4) is 0 Å². The van der Waals surface area contributed by atoms with E-state index in [9.17, 15) is 4.79 Å². The fourth-order valence-electron chi connectivity index (χ4n) is 2.00. The van der Waals surface area contributed by atoms with Crippen molar-refractivity contribution in [3.8, 4) is 17.2 Å². The number of hydrogen-bond acceptors (Lipinski definition) is 5. The predicted molar refractivity (Wildman–Crippen MR) is 92.6 cm³/mol. The molecule has 0 spiro atoms. The summed E-state index contributed by atoms with van der Waals surface area (Å²) < 4.78 is 16.0. The number of amides is 1. The number of nitrogens with two attached hydrogens (primary N) is 1. The summed E-state index contributed by atoms with van der Waals surface area (Å²) in [5, 5.41) is 2.72. The molecule has 1 amide bonds. The number of hydrogen-bond donors (Lipinski definition) is 2. The third kappa shape index (κ3) is 5.26. The highest BCUT2D eigenvalue weighted by Gasteiger charge is 2.12. The van der Waals surface area contributed by atoms with Crippen molar-refractivity contribution in [3.05, 3.63) is 48.5 Å². The van der Waals surface area contributed by atoms with Crippen LogP contribution in [0.4, 0.5) is 5.69 Å². The lowest BCUT2D eigenvalue weighted by Gasteiger charge is -2.12. The van der Waals surface area contributed by atoms with Gasteiger partial charge in [-0.1, -0.05) is 0 Å². The molecule has 128 valence electrons. The van der Waals surface area contributed by atoms with Crippen LogP contribution in [0.15, 0.2) is 48.5 Å². The Morgan fingerprint density at radius 1 is 1.04 bits per heavy atom. The Kier molecular flexibility index (Phi) is 6.60. The van der Waals surface area contributed by atoms with Gasteiger partial charge in [0.2, 0.25) is 5.91 Å². The molecule has 2 rings (SSSR count). The van der Waals surface area contributed by atoms with Crippen molar-refractivity contribution in [1.29, 1.82) is 0 Å². The molecule has 0 aromatic heterocycles. The molecule has 0 saturated carbocycles. The number of carbonyl (C=O) groups excluding carboxylic acids is 1. The van der Waals surface area contributed by atoms with E-state index in [1.54, 1.807) is 24.3 Å². The monoisotopic (exact) mass is 330 g/mol. The number of anilines is 1. The predicted octanol–water partition coefficient (Wildman–Crippen LogP) is 2.79. The third-order valence-corrected chi connectivity index (χ3v) is 3.18. The van der Waals surface area contributed by atoms with Gasteiger partial charge in [0.05, 0.1) is 13.2 Å². The minimum Gasteiger partial charge on any atom is -0.494 e. The first-order valence-corrected chi connectivity index (χ1v) is 7.68. The fraction of sp³-hybridized carbons (Fsp3) is 0.278. The van der Waals surface area contributed by atoms with E-state index in [4.69, 9.17) is 19.9 Å². The van der Waals surface area contributed by atoms with Gasteiger partial charge in [0.1, 0.15) is 23.3 Å². The molecule has 0 aliphatic heterocycles. The van der Waals surface area contributed by atoms with Crippen LogP contribution < -0.4 is 20.5 Å². The van der Waals surface area contributed by atoms with Crippen molar-refractivity contribution in [3.63, 3.8) is 0 Å². The van der Waals surface area contributed by atoms with E-state index in [-0.39, 0.29) is 12.5 Å². The maximum atomic E-state index is 11.8. The summed E-state index contributed by atoms with van der Waals surface area (Å²) in [5.41, 5.74) is 6.31. The Bertz CT molecular complexity index is 641. The van der Waals surface area contributed by atoms with E-state index in [1.165, 1.54) is 7.11 Å². The maximum Gasteiger partial charge on any atom is 0.243 e. The Morgan fingerprint density at radius 3 is 2.12 bits per heavy atom. The van der Waals surface area contributed by atoms with Gasteiger partial charge in [-0.15, -0.1) is 0 Å². The molecule has 6 heteroatoms. The van der Waals surface area contributed by atoms with Crippen molar-refractivity contribution < 1.29 is 19.0 Å². The molecule has 0 bridgehead atoms. The summed E-state index contributed by atoms with van der Waals surface area (Å²) >= 11 is 0. The van der Waals surface area contributed by atoms with Crippen LogP contribution in [0.5, 0.6) is 17.2 Å². The third-order valence-electron chi connectivity index (χ3n) is 3.18. The van der Waals surface area contributed by atoms with Gasteiger partial charge in [0.25, 0.3) is 0 Å². The van der Waals surface area contributed by atoms with Crippen molar-refractivity contribution >= 4 is 11.6 Å². The second kappa shape index (κ2) is 8.90. The minimum atomic E-state index is -0.699. The van der Waals surface area contributed by atoms with E-state index >= 15 is 0 Å². The van der Waals surface area contributed by atoms with Gasteiger partial charge < -0.3 is 25.3 Å². The molecule has 24 heavy (non-hydrogen) atoms. The average Bonchev–Trinajstić information content (AvgIpc) is 2.59. The lowest BCUT2D eigenvalue weighted by atomic mass is 10.2. The van der Waals surface area contributed by atoms with E-state index in [1.807, 2.05) is 31.2 Å². The first kappa shape index (κ1) is 17.8. The first-order chi connectivity index (χ1) is 11.6. The Hall–Kier alpha value is -2.57. The molecule has 2 aromatic carbocycles. The quantitative estimate of drug-likeness (QED) is 0.778. The molecule has 6 nitrogen and oxygen atoms in total. The second-order valence-electron chi connectivity index (χ2n) is 5.08. The lowest BCUT2D eigenvalue weighted by molar-refractivity contribution is -0.118. The normalized spacial score (nSPS) is 11.6. The SMILES string of the molecule is CCOc1ccc(Oc2ccc(NC(=O)C(N)COC)cc2)cc1. The number of methoxy groups -OCH3 is 1. The largest absolute Gasteiger partial charge is 0.494 e. The van der Waals surface area contributed by atoms with Crippen molar-refractivity contribution in [2.24, 2.45) is 5.73 Å². The zero-order valence-electron chi connectivity index (χ0n) is 13.8. The Balaban J connectivity index is 1.93. The van der Waals surface area contributed by atoms with Crippen LogP contribution >= 0.6 is 0 Å². The molecule has 0 aliphatic rings. The average molecular weight is 330 g/mol. The molecule has 0 aliphatic carbocycles. The number of benzene rings is 2. The summed E-state index contributed by atoms with van der Waals surface area (Å²) in [7, 11) is 1.50. The van der Waals surface area contributed by atoms with Crippen molar-refractivity contribution in [1.82, 2.24) is 0 Å². The summed E-state index contributed by atoms with van der Waals surface area (Å²) in [4.78, 5) is 11.8. The standard InChI is InChI=1S/C18H22N2O4/c1-3-23-14-8-10-16(11-9-14)24-15-6-4-13(5-7-15)20-18(21)17(19)12-22-2/h4-11,17H,3,12,19H2,1-2H3,(H,20,21). The highest BCUT2D eigenvalue weighted by Crippen LogP contribution is 2.25. The van der Waals surface area contributed by atoms with E-state index < -0.39 is 6.04 Å². The van der Waals surface area contributed by atoms with Crippen molar-refractivity contribution in [2.75, 3.05) is 25.6 Å². The second-order valence-corrected chi connectivity index (χ2v) is 5.08. The molecule has 0 heterocycles. The van der Waals surface area contributed by atoms with Gasteiger partial charge in [-0.2, -0.15) is 0 Å². The van der Waals surface area contributed by atoms with E-state index in [0.29, 0.717) is 23.8 Å². The number of nitrogens with one attached hydrogen (secondary N) is 1. The van der Waals surface area contributed by atoms with Gasteiger partial charge in [-0.25, -0.2) is 0 Å². The molecule has 2 aromatic rings. The molecule has 0 saturated heterocycles. The highest BCUT2D eigenvalue weighted by molar-refractivity contribution is 5.94. The highest BCUT2D eigenvalue weighted by atomic mass is 16.5. The van der Waals surface area contributed by atoms with Crippen molar-refractivity contribution in [2.45, 2.75) is 13.0 Å². The zero-order chi connectivity index (χ0) is 17.4. The summed E-state index contributed by atoms with van der Waals surface area (Å²) in [6, 6.07) is 13.7. The minimum absolute atomic E-state index is 0.171. The molecule has 1 atom stereocenters. The van der Waals surface area contributed by atoms with Crippen LogP contribution in [0.2, 0.25) is 0 Å². The molecular weight excluding hydrogens is 308 g/mol. The number of ether oxygens (including phenoxy) is 3. The molecular formula is C18H22N2O4. The molecule has 3 N–H and O–H groups in total. The topological polar surface area (TPSA) is 82.8 Å². The maximum absolute atomic E-state index is 11.8. The van der Waals surface area contributed by atoms with E-state index in [2.05, 4.69) is 5.32 Å². The summed E-state index contributed by atoms with van der Waals surface area (Å²) in [6.07, 6.45) is 0. The van der Waals surface area contributed by atoms with Gasteiger partial charge in [-0.3, -0.25) is 4.79 Å². The number of carbonyl (C=O) groups is 1. The smallest absolute Gasteiger partial charge is 0.243 e. The van der Waals surface area contributed by atoms with Gasteiger partial charge in [0, 0.05) is 12.8 Å². The molecule has 0 fully saturated rings. The Morgan fingerprint density at radius 2 is 1.58 bits per heavy atom. The Labute approximate surface area is 141 Å². The van der Waals surface area contributed by atoms with Crippen LogP contribution in [-0.2, 0) is 9.53 Å². The molecule has 1 unspecified atom stereocenters. The van der Waals surface area contributed by atoms with Gasteiger partial charge in [-0.05, 0) is 55.5 Å². The van der Waals surface area contributed by atoms with E-state index in [0.717, 1.165) is 5.75 Å². The summed E-state index contributed by atoms with van der Waals surface area (Å²) in [6.45, 7) is 2.74. The van der Waals surface area contributed by atoms with Crippen LogP contribution in [0.25, 0.3) is 0 Å². The lowest BCUT2D eigenvalue weighted by Crippen LogP contribution is -2.39.